The van der Waals surface area contributed by atoms with Gasteiger partial charge in [-0.2, -0.15) is 11.8 Å². The summed E-state index contributed by atoms with van der Waals surface area (Å²) in [5.74, 6) is -0.681. The monoisotopic (exact) mass is 297 g/mol. The number of carboxylic acid groups (broad SMARTS) is 1. The number of nitrogens with one attached hydrogen (secondary N) is 1. The molecule has 0 saturated heterocycles. The number of hydrogen-bond acceptors (Lipinski definition) is 5. The van der Waals surface area contributed by atoms with E-state index in [1.807, 2.05) is 0 Å². The van der Waals surface area contributed by atoms with Gasteiger partial charge in [-0.3, -0.25) is 4.79 Å². The molecular formula is C10H19NO5S2. The Hall–Kier alpha value is -0.760. The molecule has 0 bridgehead atoms. The van der Waals surface area contributed by atoms with Crippen LogP contribution in [0.1, 0.15) is 20.8 Å². The second kappa shape index (κ2) is 6.98. The zero-order valence-corrected chi connectivity index (χ0v) is 12.3. The number of amides is 1. The normalized spacial score (nSPS) is 13.9. The van der Waals surface area contributed by atoms with Gasteiger partial charge in [0, 0.05) is 11.5 Å². The van der Waals surface area contributed by atoms with Crippen molar-refractivity contribution in [3.63, 3.8) is 0 Å². The first kappa shape index (κ1) is 17.2. The average Bonchev–Trinajstić information content (AvgIpc) is 2.20. The van der Waals surface area contributed by atoms with Crippen LogP contribution in [0.25, 0.3) is 0 Å². The molecule has 106 valence electrons. The van der Waals surface area contributed by atoms with Crippen molar-refractivity contribution >= 4 is 34.0 Å². The van der Waals surface area contributed by atoms with Crippen LogP contribution in [0, 0.1) is 0 Å². The van der Waals surface area contributed by atoms with Crippen molar-refractivity contribution in [2.45, 2.75) is 31.6 Å². The molecule has 0 aliphatic carbocycles. The smallest absolute Gasteiger partial charge is 0.327 e. The van der Waals surface area contributed by atoms with Crippen LogP contribution in [0.3, 0.4) is 0 Å². The topological polar surface area (TPSA) is 101 Å². The highest BCUT2D eigenvalue weighted by Crippen LogP contribution is 2.17. The van der Waals surface area contributed by atoms with E-state index in [0.29, 0.717) is 12.2 Å². The van der Waals surface area contributed by atoms with E-state index in [2.05, 4.69) is 5.32 Å². The zero-order valence-electron chi connectivity index (χ0n) is 10.7. The molecule has 8 heteroatoms. The minimum atomic E-state index is -3.19. The summed E-state index contributed by atoms with van der Waals surface area (Å²) in [4.78, 5) is 20.9. The van der Waals surface area contributed by atoms with E-state index in [1.165, 1.54) is 11.8 Å². The lowest BCUT2D eigenvalue weighted by atomic mass is 10.3. The summed E-state index contributed by atoms with van der Waals surface area (Å²) in [6, 6.07) is -0.982. The van der Waals surface area contributed by atoms with Crippen molar-refractivity contribution in [1.29, 1.82) is 0 Å². The van der Waals surface area contributed by atoms with Gasteiger partial charge in [-0.25, -0.2) is 13.2 Å². The van der Waals surface area contributed by atoms with Crippen LogP contribution in [0.2, 0.25) is 0 Å². The second-order valence-corrected chi connectivity index (χ2v) is 8.69. The van der Waals surface area contributed by atoms with Crippen LogP contribution in [-0.2, 0) is 19.4 Å². The number of aliphatic carboxylic acids is 1. The first-order chi connectivity index (χ1) is 8.12. The molecule has 0 aliphatic heterocycles. The van der Waals surface area contributed by atoms with Crippen LogP contribution in [0.5, 0.6) is 0 Å². The van der Waals surface area contributed by atoms with Crippen LogP contribution in [0.15, 0.2) is 0 Å². The molecule has 0 aliphatic rings. The third-order valence-electron chi connectivity index (χ3n) is 2.28. The Morgan fingerprint density at radius 3 is 2.39 bits per heavy atom. The lowest BCUT2D eigenvalue weighted by Gasteiger charge is -2.19. The number of carbonyl (C=O) groups is 2. The molecule has 1 unspecified atom stereocenters. The molecule has 0 rings (SSSR count). The van der Waals surface area contributed by atoms with Crippen molar-refractivity contribution < 1.29 is 23.1 Å². The van der Waals surface area contributed by atoms with Crippen LogP contribution in [-0.4, -0.2) is 54.0 Å². The van der Waals surface area contributed by atoms with Crippen molar-refractivity contribution in [3.05, 3.63) is 0 Å². The molecular weight excluding hydrogens is 278 g/mol. The minimum absolute atomic E-state index is 0.00536. The molecule has 0 radical (unpaired) electrons. The molecule has 0 saturated carbocycles. The summed E-state index contributed by atoms with van der Waals surface area (Å²) < 4.78 is 22.7. The van der Waals surface area contributed by atoms with Gasteiger partial charge < -0.3 is 10.4 Å². The lowest BCUT2D eigenvalue weighted by Crippen LogP contribution is -2.38. The number of carbonyl (C=O) groups excluding carboxylic acids is 1. The summed E-state index contributed by atoms with van der Waals surface area (Å²) in [6.45, 7) is 4.88. The average molecular weight is 297 g/mol. The maximum absolute atomic E-state index is 11.8. The first-order valence-electron chi connectivity index (χ1n) is 5.34. The quantitative estimate of drug-likeness (QED) is 0.488. The largest absolute Gasteiger partial charge is 0.480 e. The van der Waals surface area contributed by atoms with E-state index in [-0.39, 0.29) is 11.5 Å². The van der Waals surface area contributed by atoms with Crippen molar-refractivity contribution in [2.24, 2.45) is 0 Å². The molecule has 0 aromatic rings. The maximum atomic E-state index is 11.8. The predicted octanol–water partition coefficient (Wildman–Crippen LogP) is 0.132. The van der Waals surface area contributed by atoms with Crippen molar-refractivity contribution in [3.8, 4) is 0 Å². The zero-order chi connectivity index (χ0) is 14.4. The molecule has 6 nitrogen and oxygen atoms in total. The number of sulfone groups is 1. The van der Waals surface area contributed by atoms with Gasteiger partial charge in [-0.1, -0.05) is 0 Å². The fraction of sp³-hybridized carbons (Fsp3) is 0.800. The number of carboxylic acids is 1. The minimum Gasteiger partial charge on any atom is -0.480 e. The van der Waals surface area contributed by atoms with Crippen molar-refractivity contribution in [2.75, 3.05) is 17.3 Å². The Labute approximate surface area is 111 Å². The summed E-state index contributed by atoms with van der Waals surface area (Å²) in [6.07, 6.45) is 0.325. The summed E-state index contributed by atoms with van der Waals surface area (Å²) in [5.41, 5.74) is 0. The third-order valence-corrected chi connectivity index (χ3v) is 6.21. The highest BCUT2D eigenvalue weighted by molar-refractivity contribution is 8.00. The molecule has 18 heavy (non-hydrogen) atoms. The molecule has 0 aromatic heterocycles. The highest BCUT2D eigenvalue weighted by Gasteiger charge is 2.28. The Bertz CT molecular complexity index is 386. The Kier molecular flexibility index (Phi) is 6.69. The Morgan fingerprint density at radius 1 is 1.44 bits per heavy atom. The Balaban J connectivity index is 4.14. The van der Waals surface area contributed by atoms with E-state index in [1.54, 1.807) is 20.8 Å². The van der Waals surface area contributed by atoms with E-state index < -0.39 is 26.6 Å². The molecule has 1 amide bonds. The SMILES string of the molecule is CC(C)(C)S(=O)(=O)CCSCC(NC=O)C(=O)O. The van der Waals surface area contributed by atoms with Crippen LogP contribution < -0.4 is 5.32 Å². The first-order valence-corrected chi connectivity index (χ1v) is 8.15. The fourth-order valence-electron chi connectivity index (χ4n) is 0.949. The molecule has 0 fully saturated rings. The van der Waals surface area contributed by atoms with Gasteiger partial charge in [-0.15, -0.1) is 0 Å². The van der Waals surface area contributed by atoms with Gasteiger partial charge in [0.15, 0.2) is 9.84 Å². The van der Waals surface area contributed by atoms with Gasteiger partial charge in [0.05, 0.1) is 10.5 Å². The summed E-state index contributed by atoms with van der Waals surface area (Å²) in [7, 11) is -3.19. The number of hydrogen-bond donors (Lipinski definition) is 2. The predicted molar refractivity (Wildman–Crippen MR) is 71.5 cm³/mol. The fourth-order valence-corrected chi connectivity index (χ4v) is 3.55. The van der Waals surface area contributed by atoms with Crippen LogP contribution in [0.4, 0.5) is 0 Å². The van der Waals surface area contributed by atoms with E-state index in [0.717, 1.165) is 0 Å². The van der Waals surface area contributed by atoms with E-state index >= 15 is 0 Å². The molecule has 0 heterocycles. The third kappa shape index (κ3) is 5.72. The van der Waals surface area contributed by atoms with Crippen LogP contribution >= 0.6 is 11.8 Å². The molecule has 0 spiro atoms. The van der Waals surface area contributed by atoms with E-state index in [4.69, 9.17) is 5.11 Å². The summed E-state index contributed by atoms with van der Waals surface area (Å²) in [5, 5.41) is 10.9. The number of rotatable bonds is 8. The van der Waals surface area contributed by atoms with Gasteiger partial charge in [0.1, 0.15) is 6.04 Å². The standard InChI is InChI=1S/C10H19NO5S2/c1-10(2,3)18(15,16)5-4-17-6-8(9(13)14)11-7-12/h7-8H,4-6H2,1-3H3,(H,11,12)(H,13,14). The molecule has 1 atom stereocenters. The maximum Gasteiger partial charge on any atom is 0.327 e. The van der Waals surface area contributed by atoms with Gasteiger partial charge in [0.2, 0.25) is 6.41 Å². The highest BCUT2D eigenvalue weighted by atomic mass is 32.2. The second-order valence-electron chi connectivity index (χ2n) is 4.68. The van der Waals surface area contributed by atoms with Gasteiger partial charge >= 0.3 is 5.97 Å². The number of thioether (sulfide) groups is 1. The molecule has 2 N–H and O–H groups in total. The van der Waals surface area contributed by atoms with Gasteiger partial charge in [-0.05, 0) is 20.8 Å². The lowest BCUT2D eigenvalue weighted by molar-refractivity contribution is -0.139. The van der Waals surface area contributed by atoms with Crippen molar-refractivity contribution in [1.82, 2.24) is 5.32 Å². The Morgan fingerprint density at radius 2 is 2.00 bits per heavy atom. The molecule has 0 aromatic carbocycles. The summed E-state index contributed by atoms with van der Waals surface area (Å²) >= 11 is 1.19. The van der Waals surface area contributed by atoms with Gasteiger partial charge in [0.25, 0.3) is 0 Å². The van der Waals surface area contributed by atoms with E-state index in [9.17, 15) is 18.0 Å².